The van der Waals surface area contributed by atoms with Crippen molar-refractivity contribution in [3.8, 4) is 5.75 Å². The van der Waals surface area contributed by atoms with Gasteiger partial charge in [-0.2, -0.15) is 0 Å². The molecule has 0 saturated heterocycles. The first-order chi connectivity index (χ1) is 19.0. The van der Waals surface area contributed by atoms with E-state index in [9.17, 15) is 13.2 Å². The van der Waals surface area contributed by atoms with Gasteiger partial charge < -0.3 is 10.1 Å². The van der Waals surface area contributed by atoms with Gasteiger partial charge in [-0.25, -0.2) is 8.42 Å². The number of rotatable bonds is 9. The van der Waals surface area contributed by atoms with Gasteiger partial charge in [0.2, 0.25) is 0 Å². The van der Waals surface area contributed by atoms with Crippen LogP contribution in [0.3, 0.4) is 0 Å². The molecule has 5 aromatic rings. The topological polar surface area (TPSA) is 75.7 Å². The lowest BCUT2D eigenvalue weighted by molar-refractivity contribution is 0.0951. The third-order valence-electron chi connectivity index (χ3n) is 6.55. The molecule has 0 aliphatic carbocycles. The maximum absolute atomic E-state index is 14.0. The molecule has 0 aliphatic rings. The van der Waals surface area contributed by atoms with E-state index in [1.807, 2.05) is 72.8 Å². The van der Waals surface area contributed by atoms with Crippen LogP contribution in [0, 0.1) is 0 Å². The SMILES string of the molecule is COc1ccc(S(=O)(=O)N(Cc2ccccc2)c2ccccc2C(=O)NCc2cccc3ccccc23)cc1. The number of anilines is 1. The number of carbonyl (C=O) groups is 1. The molecule has 7 heteroatoms. The highest BCUT2D eigenvalue weighted by Crippen LogP contribution is 2.30. The summed E-state index contributed by atoms with van der Waals surface area (Å²) < 4.78 is 34.5. The molecule has 0 unspecified atom stereocenters. The van der Waals surface area contributed by atoms with Crippen LogP contribution in [-0.2, 0) is 23.1 Å². The maximum atomic E-state index is 14.0. The Morgan fingerprint density at radius 1 is 0.769 bits per heavy atom. The van der Waals surface area contributed by atoms with E-state index in [1.165, 1.54) is 23.5 Å². The lowest BCUT2D eigenvalue weighted by Crippen LogP contribution is -2.33. The molecule has 0 bridgehead atoms. The molecule has 0 saturated carbocycles. The minimum atomic E-state index is -4.03. The Balaban J connectivity index is 1.51. The monoisotopic (exact) mass is 536 g/mol. The minimum Gasteiger partial charge on any atom is -0.497 e. The van der Waals surface area contributed by atoms with Crippen LogP contribution >= 0.6 is 0 Å². The molecule has 6 nitrogen and oxygen atoms in total. The summed E-state index contributed by atoms with van der Waals surface area (Å²) in [7, 11) is -2.51. The molecule has 39 heavy (non-hydrogen) atoms. The number of para-hydroxylation sites is 1. The van der Waals surface area contributed by atoms with Gasteiger partial charge in [0.15, 0.2) is 0 Å². The number of hydrogen-bond acceptors (Lipinski definition) is 4. The molecular formula is C32H28N2O4S. The van der Waals surface area contributed by atoms with Crippen molar-refractivity contribution in [1.82, 2.24) is 5.32 Å². The summed E-state index contributed by atoms with van der Waals surface area (Å²) in [5.41, 5.74) is 2.34. The van der Waals surface area contributed by atoms with Gasteiger partial charge >= 0.3 is 0 Å². The molecule has 0 radical (unpaired) electrons. The Bertz CT molecular complexity index is 1700. The van der Waals surface area contributed by atoms with Gasteiger partial charge in [0, 0.05) is 6.54 Å². The first-order valence-electron chi connectivity index (χ1n) is 12.5. The van der Waals surface area contributed by atoms with E-state index in [0.717, 1.165) is 21.9 Å². The highest BCUT2D eigenvalue weighted by molar-refractivity contribution is 7.92. The number of amides is 1. The molecular weight excluding hydrogens is 508 g/mol. The number of ether oxygens (including phenoxy) is 1. The quantitative estimate of drug-likeness (QED) is 0.244. The first-order valence-corrected chi connectivity index (χ1v) is 14.0. The fourth-order valence-electron chi connectivity index (χ4n) is 4.52. The third-order valence-corrected chi connectivity index (χ3v) is 8.33. The molecule has 0 aromatic heterocycles. The van der Waals surface area contributed by atoms with Crippen LogP contribution in [0.15, 0.2) is 126 Å². The number of sulfonamides is 1. The Hall–Kier alpha value is -4.62. The van der Waals surface area contributed by atoms with E-state index < -0.39 is 10.0 Å². The second-order valence-electron chi connectivity index (χ2n) is 9.01. The fraction of sp³-hybridized carbons (Fsp3) is 0.0938. The number of methoxy groups -OCH3 is 1. The van der Waals surface area contributed by atoms with E-state index in [1.54, 1.807) is 36.4 Å². The van der Waals surface area contributed by atoms with Gasteiger partial charge in [-0.15, -0.1) is 0 Å². The van der Waals surface area contributed by atoms with E-state index in [2.05, 4.69) is 5.32 Å². The Morgan fingerprint density at radius 2 is 1.44 bits per heavy atom. The zero-order chi connectivity index (χ0) is 27.2. The lowest BCUT2D eigenvalue weighted by atomic mass is 10.0. The van der Waals surface area contributed by atoms with Crippen LogP contribution < -0.4 is 14.4 Å². The van der Waals surface area contributed by atoms with Gasteiger partial charge in [0.1, 0.15) is 5.75 Å². The normalized spacial score (nSPS) is 11.2. The van der Waals surface area contributed by atoms with E-state index in [4.69, 9.17) is 4.74 Å². The van der Waals surface area contributed by atoms with Crippen molar-refractivity contribution in [2.45, 2.75) is 18.0 Å². The zero-order valence-corrected chi connectivity index (χ0v) is 22.3. The average Bonchev–Trinajstić information content (AvgIpc) is 2.99. The van der Waals surface area contributed by atoms with Crippen molar-refractivity contribution in [2.24, 2.45) is 0 Å². The Labute approximate surface area is 228 Å². The highest BCUT2D eigenvalue weighted by atomic mass is 32.2. The van der Waals surface area contributed by atoms with E-state index >= 15 is 0 Å². The smallest absolute Gasteiger partial charge is 0.264 e. The number of benzene rings is 5. The molecule has 5 rings (SSSR count). The van der Waals surface area contributed by atoms with E-state index in [-0.39, 0.29) is 22.9 Å². The summed E-state index contributed by atoms with van der Waals surface area (Å²) in [6.07, 6.45) is 0. The Kier molecular flexibility index (Phi) is 7.61. The second-order valence-corrected chi connectivity index (χ2v) is 10.9. The molecule has 0 heterocycles. The van der Waals surface area contributed by atoms with Crippen molar-refractivity contribution < 1.29 is 17.9 Å². The predicted octanol–water partition coefficient (Wildman–Crippen LogP) is 6.17. The van der Waals surface area contributed by atoms with Gasteiger partial charge in [-0.3, -0.25) is 9.10 Å². The van der Waals surface area contributed by atoms with Crippen LogP contribution in [0.5, 0.6) is 5.75 Å². The average molecular weight is 537 g/mol. The molecule has 0 fully saturated rings. The van der Waals surface area contributed by atoms with Crippen LogP contribution in [0.25, 0.3) is 10.8 Å². The summed E-state index contributed by atoms with van der Waals surface area (Å²) in [6.45, 7) is 0.362. The third kappa shape index (κ3) is 5.63. The van der Waals surface area contributed by atoms with Crippen LogP contribution in [-0.4, -0.2) is 21.4 Å². The van der Waals surface area contributed by atoms with Crippen molar-refractivity contribution in [3.63, 3.8) is 0 Å². The van der Waals surface area contributed by atoms with Crippen molar-refractivity contribution in [3.05, 3.63) is 138 Å². The molecule has 0 aliphatic heterocycles. The molecule has 1 amide bonds. The molecule has 0 atom stereocenters. The maximum Gasteiger partial charge on any atom is 0.264 e. The summed E-state index contributed by atoms with van der Waals surface area (Å²) in [6, 6.07) is 36.3. The van der Waals surface area contributed by atoms with Crippen LogP contribution in [0.4, 0.5) is 5.69 Å². The van der Waals surface area contributed by atoms with Gasteiger partial charge in [-0.1, -0.05) is 84.9 Å². The van der Waals surface area contributed by atoms with E-state index in [0.29, 0.717) is 18.0 Å². The van der Waals surface area contributed by atoms with Crippen molar-refractivity contribution >= 4 is 32.4 Å². The lowest BCUT2D eigenvalue weighted by Gasteiger charge is -2.27. The molecule has 0 spiro atoms. The molecule has 5 aromatic carbocycles. The summed E-state index contributed by atoms with van der Waals surface area (Å²) in [5.74, 6) is 0.193. The number of nitrogens with zero attached hydrogens (tertiary/aromatic N) is 1. The summed E-state index contributed by atoms with van der Waals surface area (Å²) in [4.78, 5) is 13.6. The number of hydrogen-bond donors (Lipinski definition) is 1. The fourth-order valence-corrected chi connectivity index (χ4v) is 6.00. The molecule has 1 N–H and O–H groups in total. The van der Waals surface area contributed by atoms with Crippen LogP contribution in [0.1, 0.15) is 21.5 Å². The number of nitrogens with one attached hydrogen (secondary N) is 1. The largest absolute Gasteiger partial charge is 0.497 e. The first kappa shape index (κ1) is 26.0. The second kappa shape index (κ2) is 11.4. The standard InChI is InChI=1S/C32H28N2O4S/c1-38-27-18-20-28(21-19-27)39(36,37)34(23-24-10-3-2-4-11-24)31-17-8-7-16-30(31)32(35)33-22-26-14-9-13-25-12-5-6-15-29(25)26/h2-21H,22-23H2,1H3,(H,33,35). The summed E-state index contributed by atoms with van der Waals surface area (Å²) >= 11 is 0. The van der Waals surface area contributed by atoms with Crippen molar-refractivity contribution in [1.29, 1.82) is 0 Å². The minimum absolute atomic E-state index is 0.0584. The summed E-state index contributed by atoms with van der Waals surface area (Å²) in [5, 5.41) is 5.14. The predicted molar refractivity (Wildman–Crippen MR) is 154 cm³/mol. The van der Waals surface area contributed by atoms with Crippen molar-refractivity contribution in [2.75, 3.05) is 11.4 Å². The molecule has 196 valence electrons. The van der Waals surface area contributed by atoms with Crippen LogP contribution in [0.2, 0.25) is 0 Å². The highest BCUT2D eigenvalue weighted by Gasteiger charge is 2.28. The number of carbonyl (C=O) groups excluding carboxylic acids is 1. The van der Waals surface area contributed by atoms with Gasteiger partial charge in [-0.05, 0) is 58.3 Å². The zero-order valence-electron chi connectivity index (χ0n) is 21.4. The van der Waals surface area contributed by atoms with Gasteiger partial charge in [0.25, 0.3) is 15.9 Å². The number of fused-ring (bicyclic) bond motifs is 1. The Morgan fingerprint density at radius 3 is 2.21 bits per heavy atom. The van der Waals surface area contributed by atoms with Gasteiger partial charge in [0.05, 0.1) is 29.8 Å².